The van der Waals surface area contributed by atoms with Crippen molar-refractivity contribution in [1.82, 2.24) is 10.1 Å². The van der Waals surface area contributed by atoms with E-state index in [0.717, 1.165) is 0 Å². The molecule has 0 aromatic carbocycles. The van der Waals surface area contributed by atoms with Gasteiger partial charge in [0.25, 0.3) is 5.91 Å². The molecular formula is C10H14N2O4. The fourth-order valence-electron chi connectivity index (χ4n) is 1.25. The topological polar surface area (TPSA) is 83.6 Å². The Morgan fingerprint density at radius 2 is 2.31 bits per heavy atom. The van der Waals surface area contributed by atoms with Crippen LogP contribution < -0.4 is 0 Å². The maximum atomic E-state index is 11.8. The molecule has 1 amide bonds. The lowest BCUT2D eigenvalue weighted by Gasteiger charge is -2.21. The fourth-order valence-corrected chi connectivity index (χ4v) is 1.25. The normalized spacial score (nSPS) is 12.1. The Hall–Kier alpha value is -1.85. The van der Waals surface area contributed by atoms with E-state index in [1.54, 1.807) is 13.8 Å². The first kappa shape index (κ1) is 12.2. The Bertz CT molecular complexity index is 361. The number of carboxylic acids is 1. The fraction of sp³-hybridized carbons (Fsp3) is 0.500. The summed E-state index contributed by atoms with van der Waals surface area (Å²) < 4.78 is 4.73. The molecule has 0 saturated heterocycles. The number of rotatable bonds is 5. The summed E-state index contributed by atoms with van der Waals surface area (Å²) in [6, 6.07) is 1.45. The van der Waals surface area contributed by atoms with Gasteiger partial charge in [0.1, 0.15) is 0 Å². The van der Waals surface area contributed by atoms with Gasteiger partial charge in [0.15, 0.2) is 0 Å². The Kier molecular flexibility index (Phi) is 4.04. The molecule has 0 aliphatic heterocycles. The standard InChI is InChI=1S/C10H14N2O4/c1-3-12(6-7(2)10(14)15)9(13)8-4-5-11-16-8/h4-5,7H,3,6H2,1-2H3,(H,14,15). The van der Waals surface area contributed by atoms with E-state index in [1.807, 2.05) is 0 Å². The van der Waals surface area contributed by atoms with Gasteiger partial charge in [-0.2, -0.15) is 0 Å². The minimum absolute atomic E-state index is 0.124. The lowest BCUT2D eigenvalue weighted by Crippen LogP contribution is -2.36. The summed E-state index contributed by atoms with van der Waals surface area (Å²) in [4.78, 5) is 23.9. The summed E-state index contributed by atoms with van der Waals surface area (Å²) in [7, 11) is 0. The van der Waals surface area contributed by atoms with Crippen molar-refractivity contribution in [2.24, 2.45) is 5.92 Å². The van der Waals surface area contributed by atoms with E-state index in [-0.39, 0.29) is 18.2 Å². The third-order valence-corrected chi connectivity index (χ3v) is 2.23. The van der Waals surface area contributed by atoms with E-state index >= 15 is 0 Å². The predicted molar refractivity (Wildman–Crippen MR) is 54.9 cm³/mol. The van der Waals surface area contributed by atoms with Gasteiger partial charge in [-0.3, -0.25) is 9.59 Å². The third kappa shape index (κ3) is 2.82. The predicted octanol–water partition coefficient (Wildman–Crippen LogP) is 0.857. The van der Waals surface area contributed by atoms with Gasteiger partial charge < -0.3 is 14.5 Å². The SMILES string of the molecule is CCN(CC(C)C(=O)O)C(=O)c1ccno1. The molecule has 16 heavy (non-hydrogen) atoms. The molecule has 0 bridgehead atoms. The molecule has 1 N–H and O–H groups in total. The van der Waals surface area contributed by atoms with E-state index < -0.39 is 11.9 Å². The molecule has 0 aliphatic rings. The van der Waals surface area contributed by atoms with Crippen LogP contribution in [0.4, 0.5) is 0 Å². The molecule has 6 nitrogen and oxygen atoms in total. The van der Waals surface area contributed by atoms with Crippen LogP contribution in [0.25, 0.3) is 0 Å². The van der Waals surface area contributed by atoms with Crippen molar-refractivity contribution in [1.29, 1.82) is 0 Å². The average Bonchev–Trinajstić information content (AvgIpc) is 2.77. The van der Waals surface area contributed by atoms with Crippen LogP contribution in [0.2, 0.25) is 0 Å². The van der Waals surface area contributed by atoms with Crippen molar-refractivity contribution < 1.29 is 19.2 Å². The number of carboxylic acid groups (broad SMARTS) is 1. The molecule has 0 aliphatic carbocycles. The van der Waals surface area contributed by atoms with E-state index in [0.29, 0.717) is 6.54 Å². The van der Waals surface area contributed by atoms with Crippen molar-refractivity contribution >= 4 is 11.9 Å². The highest BCUT2D eigenvalue weighted by Crippen LogP contribution is 2.07. The number of hydrogen-bond donors (Lipinski definition) is 1. The highest BCUT2D eigenvalue weighted by atomic mass is 16.5. The van der Waals surface area contributed by atoms with Crippen LogP contribution in [0, 0.1) is 5.92 Å². The lowest BCUT2D eigenvalue weighted by molar-refractivity contribution is -0.141. The summed E-state index contributed by atoms with van der Waals surface area (Å²) >= 11 is 0. The molecule has 1 rings (SSSR count). The van der Waals surface area contributed by atoms with Crippen molar-refractivity contribution in [3.05, 3.63) is 18.0 Å². The second-order valence-electron chi connectivity index (χ2n) is 3.46. The maximum Gasteiger partial charge on any atom is 0.308 e. The van der Waals surface area contributed by atoms with Crippen LogP contribution >= 0.6 is 0 Å². The van der Waals surface area contributed by atoms with Gasteiger partial charge in [0.05, 0.1) is 12.1 Å². The van der Waals surface area contributed by atoms with Crippen LogP contribution in [-0.4, -0.2) is 40.1 Å². The Balaban J connectivity index is 2.68. The molecule has 1 heterocycles. The van der Waals surface area contributed by atoms with Gasteiger partial charge in [-0.15, -0.1) is 0 Å². The molecule has 1 aromatic heterocycles. The van der Waals surface area contributed by atoms with E-state index in [9.17, 15) is 9.59 Å². The minimum Gasteiger partial charge on any atom is -0.481 e. The molecule has 0 fully saturated rings. The summed E-state index contributed by atoms with van der Waals surface area (Å²) in [5, 5.41) is 12.2. The zero-order valence-electron chi connectivity index (χ0n) is 9.21. The second-order valence-corrected chi connectivity index (χ2v) is 3.46. The molecular weight excluding hydrogens is 212 g/mol. The van der Waals surface area contributed by atoms with Gasteiger partial charge >= 0.3 is 5.97 Å². The molecule has 0 radical (unpaired) electrons. The summed E-state index contributed by atoms with van der Waals surface area (Å²) in [5.74, 6) is -1.75. The average molecular weight is 226 g/mol. The van der Waals surface area contributed by atoms with Crippen LogP contribution in [0.15, 0.2) is 16.8 Å². The van der Waals surface area contributed by atoms with Gasteiger partial charge in [-0.05, 0) is 6.92 Å². The molecule has 0 saturated carbocycles. The Labute approximate surface area is 92.8 Å². The maximum absolute atomic E-state index is 11.8. The summed E-state index contributed by atoms with van der Waals surface area (Å²) in [6.45, 7) is 3.92. The Morgan fingerprint density at radius 1 is 1.62 bits per heavy atom. The first-order valence-corrected chi connectivity index (χ1v) is 4.99. The molecule has 1 unspecified atom stereocenters. The van der Waals surface area contributed by atoms with Crippen LogP contribution in [0.1, 0.15) is 24.4 Å². The number of nitrogens with zero attached hydrogens (tertiary/aromatic N) is 2. The molecule has 88 valence electrons. The third-order valence-electron chi connectivity index (χ3n) is 2.23. The van der Waals surface area contributed by atoms with E-state index in [1.165, 1.54) is 17.2 Å². The lowest BCUT2D eigenvalue weighted by atomic mass is 10.1. The van der Waals surface area contributed by atoms with Crippen molar-refractivity contribution in [2.45, 2.75) is 13.8 Å². The first-order valence-electron chi connectivity index (χ1n) is 4.99. The van der Waals surface area contributed by atoms with Gasteiger partial charge in [0, 0.05) is 19.2 Å². The molecule has 6 heteroatoms. The van der Waals surface area contributed by atoms with Gasteiger partial charge in [-0.25, -0.2) is 0 Å². The monoisotopic (exact) mass is 226 g/mol. The zero-order valence-corrected chi connectivity index (χ0v) is 9.21. The number of carbonyl (C=O) groups excluding carboxylic acids is 1. The summed E-state index contributed by atoms with van der Waals surface area (Å²) in [5.41, 5.74) is 0. The van der Waals surface area contributed by atoms with Crippen molar-refractivity contribution in [2.75, 3.05) is 13.1 Å². The van der Waals surface area contributed by atoms with Crippen LogP contribution in [-0.2, 0) is 4.79 Å². The molecule has 1 atom stereocenters. The number of hydrogen-bond acceptors (Lipinski definition) is 4. The Morgan fingerprint density at radius 3 is 2.75 bits per heavy atom. The number of aliphatic carboxylic acids is 1. The zero-order chi connectivity index (χ0) is 12.1. The van der Waals surface area contributed by atoms with Gasteiger partial charge in [-0.1, -0.05) is 12.1 Å². The summed E-state index contributed by atoms with van der Waals surface area (Å²) in [6.07, 6.45) is 1.38. The van der Waals surface area contributed by atoms with E-state index in [2.05, 4.69) is 5.16 Å². The van der Waals surface area contributed by atoms with Crippen LogP contribution in [0.3, 0.4) is 0 Å². The van der Waals surface area contributed by atoms with E-state index in [4.69, 9.17) is 9.63 Å². The molecule has 1 aromatic rings. The van der Waals surface area contributed by atoms with Crippen molar-refractivity contribution in [3.8, 4) is 0 Å². The number of amides is 1. The smallest absolute Gasteiger partial charge is 0.308 e. The minimum atomic E-state index is -0.927. The number of aromatic nitrogens is 1. The second kappa shape index (κ2) is 5.29. The van der Waals surface area contributed by atoms with Crippen LogP contribution in [0.5, 0.6) is 0 Å². The quantitative estimate of drug-likeness (QED) is 0.804. The van der Waals surface area contributed by atoms with Gasteiger partial charge in [0.2, 0.25) is 5.76 Å². The molecule has 0 spiro atoms. The highest BCUT2D eigenvalue weighted by Gasteiger charge is 2.22. The largest absolute Gasteiger partial charge is 0.481 e. The highest BCUT2D eigenvalue weighted by molar-refractivity contribution is 5.91. The first-order chi connectivity index (χ1) is 7.56. The number of carbonyl (C=O) groups is 2. The van der Waals surface area contributed by atoms with Crippen molar-refractivity contribution in [3.63, 3.8) is 0 Å².